The summed E-state index contributed by atoms with van der Waals surface area (Å²) >= 11 is 4.82. The van der Waals surface area contributed by atoms with Crippen LogP contribution in [0, 0.1) is 21.4 Å². The highest BCUT2D eigenvalue weighted by molar-refractivity contribution is 9.10. The Hall–Kier alpha value is -3.24. The summed E-state index contributed by atoms with van der Waals surface area (Å²) in [4.78, 5) is 47.1. The number of anilines is 1. The number of nitrogens with one attached hydrogen (secondary N) is 1. The van der Waals surface area contributed by atoms with Crippen molar-refractivity contribution < 1.29 is 14.5 Å². The van der Waals surface area contributed by atoms with E-state index in [1.54, 1.807) is 19.1 Å². The Morgan fingerprint density at radius 3 is 2.61 bits per heavy atom. The van der Waals surface area contributed by atoms with E-state index in [-0.39, 0.29) is 22.8 Å². The topological polar surface area (TPSA) is 115 Å². The molecule has 1 amide bonds. The van der Waals surface area contributed by atoms with Crippen molar-refractivity contribution in [3.63, 3.8) is 0 Å². The molecule has 8 nitrogen and oxygen atoms in total. The van der Waals surface area contributed by atoms with Crippen LogP contribution >= 0.6 is 27.3 Å². The van der Waals surface area contributed by atoms with Crippen molar-refractivity contribution in [2.45, 2.75) is 39.5 Å². The van der Waals surface area contributed by atoms with Gasteiger partial charge in [0.1, 0.15) is 0 Å². The largest absolute Gasteiger partial charge is 0.301 e. The maximum atomic E-state index is 13.7. The molecule has 184 valence electrons. The molecule has 2 aliphatic rings. The van der Waals surface area contributed by atoms with Gasteiger partial charge in [0, 0.05) is 45.9 Å². The Bertz CT molecular complexity index is 1490. The Kier molecular flexibility index (Phi) is 6.12. The van der Waals surface area contributed by atoms with Gasteiger partial charge in [0.25, 0.3) is 5.69 Å². The lowest BCUT2D eigenvalue weighted by Gasteiger charge is -2.39. The second kappa shape index (κ2) is 9.01. The maximum Gasteiger partial charge on any atom is 0.269 e. The number of carbonyl (C=O) groups excluding carboxylic acids is 2. The molecule has 10 heteroatoms. The molecular weight excluding hydrogens is 544 g/mol. The first-order chi connectivity index (χ1) is 17.0. The molecule has 0 spiro atoms. The molecule has 1 aliphatic carbocycles. The first-order valence-electron chi connectivity index (χ1n) is 11.5. The highest BCUT2D eigenvalue weighted by Crippen LogP contribution is 2.48. The number of thiazole rings is 1. The SMILES string of the molecule is CC1=NC2=C(C(=O)CC(C)(C)C2)[C@H](c2ccc([N+](=O)[O-])cc2)C1C(=O)Nc1nc2ccc(Br)cc2s1. The van der Waals surface area contributed by atoms with E-state index in [9.17, 15) is 19.7 Å². The van der Waals surface area contributed by atoms with Gasteiger partial charge in [0.2, 0.25) is 5.91 Å². The number of hydrogen-bond donors (Lipinski definition) is 1. The van der Waals surface area contributed by atoms with E-state index in [2.05, 4.69) is 26.2 Å². The van der Waals surface area contributed by atoms with Gasteiger partial charge in [-0.2, -0.15) is 0 Å². The van der Waals surface area contributed by atoms with Gasteiger partial charge in [-0.05, 0) is 42.5 Å². The van der Waals surface area contributed by atoms with E-state index in [1.807, 2.05) is 32.0 Å². The number of nitro groups is 1. The Balaban J connectivity index is 1.56. The lowest BCUT2D eigenvalue weighted by atomic mass is 9.66. The second-order valence-corrected chi connectivity index (χ2v) is 11.9. The molecule has 0 saturated heterocycles. The van der Waals surface area contributed by atoms with Crippen molar-refractivity contribution in [3.05, 3.63) is 73.9 Å². The quantitative estimate of drug-likeness (QED) is 0.289. The number of aliphatic imine (C=N–C) groups is 1. The molecule has 1 aliphatic heterocycles. The summed E-state index contributed by atoms with van der Waals surface area (Å²) in [5.41, 5.74) is 2.99. The number of Topliss-reactive ketones (excluding diaryl/α,β-unsaturated/α-hetero) is 1. The molecule has 0 saturated carbocycles. The first-order valence-corrected chi connectivity index (χ1v) is 13.1. The van der Waals surface area contributed by atoms with E-state index in [1.165, 1.54) is 23.5 Å². The summed E-state index contributed by atoms with van der Waals surface area (Å²) < 4.78 is 1.85. The normalized spacial score (nSPS) is 21.2. The Morgan fingerprint density at radius 1 is 1.19 bits per heavy atom. The van der Waals surface area contributed by atoms with Gasteiger partial charge in [-0.25, -0.2) is 4.98 Å². The predicted molar refractivity (Wildman–Crippen MR) is 143 cm³/mol. The summed E-state index contributed by atoms with van der Waals surface area (Å²) in [7, 11) is 0. The van der Waals surface area contributed by atoms with Crippen LogP contribution in [0.25, 0.3) is 10.2 Å². The Labute approximate surface area is 219 Å². The minimum Gasteiger partial charge on any atom is -0.301 e. The van der Waals surface area contributed by atoms with Gasteiger partial charge in [0.05, 0.1) is 21.1 Å². The number of allylic oxidation sites excluding steroid dienone is 2. The fraction of sp³-hybridized carbons (Fsp3) is 0.308. The number of nitro benzene ring substituents is 1. The number of rotatable bonds is 4. The molecule has 0 radical (unpaired) electrons. The number of non-ortho nitro benzene ring substituents is 1. The number of halogens is 1. The van der Waals surface area contributed by atoms with Crippen LogP contribution < -0.4 is 5.32 Å². The summed E-state index contributed by atoms with van der Waals surface area (Å²) in [5, 5.41) is 14.6. The number of ketones is 1. The van der Waals surface area contributed by atoms with E-state index < -0.39 is 16.8 Å². The van der Waals surface area contributed by atoms with E-state index in [0.717, 1.165) is 14.7 Å². The average molecular weight is 567 g/mol. The highest BCUT2D eigenvalue weighted by Gasteiger charge is 2.45. The third kappa shape index (κ3) is 4.51. The Morgan fingerprint density at radius 2 is 1.92 bits per heavy atom. The number of benzene rings is 2. The molecule has 2 atom stereocenters. The van der Waals surface area contributed by atoms with Crippen LogP contribution in [0.4, 0.5) is 10.8 Å². The molecule has 36 heavy (non-hydrogen) atoms. The van der Waals surface area contributed by atoms with Crippen LogP contribution in [0.15, 0.2) is 63.2 Å². The van der Waals surface area contributed by atoms with Gasteiger partial charge in [-0.1, -0.05) is 53.2 Å². The number of aromatic nitrogens is 1. The first kappa shape index (κ1) is 24.5. The van der Waals surface area contributed by atoms with Gasteiger partial charge in [-0.3, -0.25) is 24.7 Å². The lowest BCUT2D eigenvalue weighted by Crippen LogP contribution is -2.41. The molecule has 3 aromatic rings. The van der Waals surface area contributed by atoms with Crippen LogP contribution in [0.5, 0.6) is 0 Å². The van der Waals surface area contributed by atoms with E-state index in [4.69, 9.17) is 4.99 Å². The number of nitrogens with zero attached hydrogens (tertiary/aromatic N) is 3. The zero-order valence-electron chi connectivity index (χ0n) is 19.9. The van der Waals surface area contributed by atoms with Crippen LogP contribution in [-0.2, 0) is 9.59 Å². The molecule has 0 bridgehead atoms. The highest BCUT2D eigenvalue weighted by atomic mass is 79.9. The maximum absolute atomic E-state index is 13.7. The van der Waals surface area contributed by atoms with Gasteiger partial charge in [-0.15, -0.1) is 0 Å². The fourth-order valence-corrected chi connectivity index (χ4v) is 6.50. The van der Waals surface area contributed by atoms with Crippen molar-refractivity contribution in [2.75, 3.05) is 5.32 Å². The molecule has 1 aromatic heterocycles. The molecule has 2 heterocycles. The summed E-state index contributed by atoms with van der Waals surface area (Å²) in [5.74, 6) is -1.70. The van der Waals surface area contributed by atoms with Crippen LogP contribution in [0.3, 0.4) is 0 Å². The molecule has 0 fully saturated rings. The van der Waals surface area contributed by atoms with E-state index in [0.29, 0.717) is 40.5 Å². The third-order valence-electron chi connectivity index (χ3n) is 6.63. The minimum absolute atomic E-state index is 0.0384. The second-order valence-electron chi connectivity index (χ2n) is 9.98. The van der Waals surface area contributed by atoms with E-state index >= 15 is 0 Å². The number of carbonyl (C=O) groups is 2. The minimum atomic E-state index is -0.755. The summed E-state index contributed by atoms with van der Waals surface area (Å²) in [6.45, 7) is 5.86. The molecule has 5 rings (SSSR count). The summed E-state index contributed by atoms with van der Waals surface area (Å²) in [6, 6.07) is 11.8. The van der Waals surface area contributed by atoms with Gasteiger partial charge < -0.3 is 5.32 Å². The average Bonchev–Trinajstić information content (AvgIpc) is 3.18. The van der Waals surface area contributed by atoms with Crippen molar-refractivity contribution in [1.29, 1.82) is 0 Å². The lowest BCUT2D eigenvalue weighted by molar-refractivity contribution is -0.384. The smallest absolute Gasteiger partial charge is 0.269 e. The molecule has 1 N–H and O–H groups in total. The fourth-order valence-electron chi connectivity index (χ4n) is 5.08. The number of hydrogen-bond acceptors (Lipinski definition) is 7. The van der Waals surface area contributed by atoms with Crippen molar-refractivity contribution >= 4 is 65.7 Å². The number of amides is 1. The van der Waals surface area contributed by atoms with Gasteiger partial charge in [0.15, 0.2) is 10.9 Å². The van der Waals surface area contributed by atoms with Crippen molar-refractivity contribution in [1.82, 2.24) is 4.98 Å². The zero-order chi connectivity index (χ0) is 25.8. The number of fused-ring (bicyclic) bond motifs is 1. The monoisotopic (exact) mass is 566 g/mol. The zero-order valence-corrected chi connectivity index (χ0v) is 22.3. The predicted octanol–water partition coefficient (Wildman–Crippen LogP) is 6.42. The molecular formula is C26H23BrN4O4S. The van der Waals surface area contributed by atoms with Crippen LogP contribution in [-0.4, -0.2) is 27.3 Å². The van der Waals surface area contributed by atoms with Crippen LogP contribution in [0.1, 0.15) is 45.1 Å². The standard InChI is InChI=1S/C26H23BrN4O4S/c1-13-21(24(33)30-25-29-17-9-6-15(27)10-20(17)36-25)22(14-4-7-16(8-5-14)31(34)35)23-18(28-13)11-26(2,3)12-19(23)32/h4-10,21-22H,11-12H2,1-3H3,(H,29,30,33)/t21?,22-/m1/s1. The summed E-state index contributed by atoms with van der Waals surface area (Å²) in [6.07, 6.45) is 0.973. The third-order valence-corrected chi connectivity index (χ3v) is 8.06. The van der Waals surface area contributed by atoms with Gasteiger partial charge >= 0.3 is 0 Å². The van der Waals surface area contributed by atoms with Crippen LogP contribution in [0.2, 0.25) is 0 Å². The van der Waals surface area contributed by atoms with Crippen molar-refractivity contribution in [3.8, 4) is 0 Å². The molecule has 1 unspecified atom stereocenters. The molecule has 2 aromatic carbocycles. The van der Waals surface area contributed by atoms with Crippen molar-refractivity contribution in [2.24, 2.45) is 16.3 Å².